The molecule has 0 radical (unpaired) electrons. The van der Waals surface area contributed by atoms with Crippen LogP contribution in [0, 0.1) is 0 Å². The third-order valence-electron chi connectivity index (χ3n) is 1.02. The smallest absolute Gasteiger partial charge is 0.327 e. The molecular formula is C5H12NO5P. The second-order valence-corrected chi connectivity index (χ2v) is 3.90. The summed E-state index contributed by atoms with van der Waals surface area (Å²) in [5, 5.41) is 0. The van der Waals surface area contributed by atoms with Crippen LogP contribution in [0.4, 0.5) is 0 Å². The maximum absolute atomic E-state index is 10.7. The molecule has 0 saturated carbocycles. The van der Waals surface area contributed by atoms with Gasteiger partial charge in [0.1, 0.15) is 6.04 Å². The van der Waals surface area contributed by atoms with E-state index in [0.29, 0.717) is 0 Å². The Labute approximate surface area is 69.9 Å². The van der Waals surface area contributed by atoms with Gasteiger partial charge < -0.3 is 20.3 Å². The van der Waals surface area contributed by atoms with Gasteiger partial charge in [0.15, 0.2) is 0 Å². The first-order valence-electron chi connectivity index (χ1n) is 3.33. The van der Waals surface area contributed by atoms with E-state index in [1.807, 2.05) is 0 Å². The van der Waals surface area contributed by atoms with Gasteiger partial charge in [0, 0.05) is 0 Å². The van der Waals surface area contributed by atoms with Crippen LogP contribution in [0.15, 0.2) is 0 Å². The molecule has 0 aromatic heterocycles. The van der Waals surface area contributed by atoms with Gasteiger partial charge in [-0.05, 0) is 6.92 Å². The van der Waals surface area contributed by atoms with Gasteiger partial charge >= 0.3 is 13.6 Å². The largest absolute Gasteiger partial charge is 0.465 e. The van der Waals surface area contributed by atoms with Crippen LogP contribution >= 0.6 is 7.60 Å². The molecule has 0 spiro atoms. The van der Waals surface area contributed by atoms with Crippen LogP contribution < -0.4 is 5.73 Å². The maximum atomic E-state index is 10.7. The van der Waals surface area contributed by atoms with E-state index in [0.717, 1.165) is 0 Å². The van der Waals surface area contributed by atoms with E-state index in [2.05, 4.69) is 4.74 Å². The zero-order chi connectivity index (χ0) is 9.78. The normalized spacial score (nSPS) is 14.0. The predicted molar refractivity (Wildman–Crippen MR) is 41.5 cm³/mol. The highest BCUT2D eigenvalue weighted by Gasteiger charge is 2.24. The van der Waals surface area contributed by atoms with E-state index in [1.54, 1.807) is 6.92 Å². The maximum Gasteiger partial charge on any atom is 0.327 e. The zero-order valence-electron chi connectivity index (χ0n) is 6.64. The molecule has 0 rings (SSSR count). The Morgan fingerprint density at radius 1 is 1.67 bits per heavy atom. The Balaban J connectivity index is 3.96. The van der Waals surface area contributed by atoms with E-state index >= 15 is 0 Å². The van der Waals surface area contributed by atoms with Crippen molar-refractivity contribution in [1.29, 1.82) is 0 Å². The van der Waals surface area contributed by atoms with Crippen LogP contribution in [0.1, 0.15) is 6.92 Å². The molecule has 0 unspecified atom stereocenters. The first-order chi connectivity index (χ1) is 5.37. The van der Waals surface area contributed by atoms with E-state index in [4.69, 9.17) is 15.5 Å². The molecule has 12 heavy (non-hydrogen) atoms. The number of carbonyl (C=O) groups is 1. The standard InChI is InChI=1S/C5H12NO5P/c1-2-11-5(7)4(6)3-12(8,9)10/h4H,2-3,6H2,1H3,(H2,8,9,10)/t4-/m1/s1. The first-order valence-corrected chi connectivity index (χ1v) is 5.13. The third-order valence-corrected chi connectivity index (χ3v) is 1.89. The summed E-state index contributed by atoms with van der Waals surface area (Å²) in [6.45, 7) is 1.73. The van der Waals surface area contributed by atoms with Crippen LogP contribution in [0.25, 0.3) is 0 Å². The van der Waals surface area contributed by atoms with E-state index < -0.39 is 25.8 Å². The molecular weight excluding hydrogens is 185 g/mol. The molecule has 6 nitrogen and oxygen atoms in total. The number of ether oxygens (including phenoxy) is 1. The van der Waals surface area contributed by atoms with Gasteiger partial charge in [0.25, 0.3) is 0 Å². The fourth-order valence-corrected chi connectivity index (χ4v) is 1.24. The average Bonchev–Trinajstić information content (AvgIpc) is 1.84. The van der Waals surface area contributed by atoms with Gasteiger partial charge in [-0.2, -0.15) is 0 Å². The van der Waals surface area contributed by atoms with Crippen molar-refractivity contribution in [3.05, 3.63) is 0 Å². The topological polar surface area (TPSA) is 110 Å². The molecule has 0 aliphatic heterocycles. The van der Waals surface area contributed by atoms with Crippen LogP contribution in [-0.2, 0) is 14.1 Å². The van der Waals surface area contributed by atoms with Crippen LogP contribution in [0.2, 0.25) is 0 Å². The minimum Gasteiger partial charge on any atom is -0.465 e. The lowest BCUT2D eigenvalue weighted by atomic mass is 10.4. The lowest BCUT2D eigenvalue weighted by Gasteiger charge is -2.10. The summed E-state index contributed by atoms with van der Waals surface area (Å²) in [6, 6.07) is -1.24. The number of carbonyl (C=O) groups excluding carboxylic acids is 1. The summed E-state index contributed by atoms with van der Waals surface area (Å²) in [6.07, 6.45) is -0.675. The molecule has 0 aromatic carbocycles. The summed E-state index contributed by atoms with van der Waals surface area (Å²) in [5.41, 5.74) is 5.12. The summed E-state index contributed by atoms with van der Waals surface area (Å²) < 4.78 is 14.8. The first kappa shape index (κ1) is 11.6. The molecule has 0 heterocycles. The molecule has 1 atom stereocenters. The molecule has 0 fully saturated rings. The Hall–Kier alpha value is -0.420. The van der Waals surface area contributed by atoms with Gasteiger partial charge in [0.2, 0.25) is 0 Å². The van der Waals surface area contributed by atoms with Crippen molar-refractivity contribution in [2.45, 2.75) is 13.0 Å². The van der Waals surface area contributed by atoms with Crippen LogP contribution in [0.5, 0.6) is 0 Å². The van der Waals surface area contributed by atoms with Gasteiger partial charge in [0.05, 0.1) is 12.8 Å². The van der Waals surface area contributed by atoms with Crippen molar-refractivity contribution in [2.24, 2.45) is 5.73 Å². The summed E-state index contributed by atoms with van der Waals surface area (Å²) in [7, 11) is -4.23. The Kier molecular flexibility index (Phi) is 4.41. The number of rotatable bonds is 4. The summed E-state index contributed by atoms with van der Waals surface area (Å²) >= 11 is 0. The number of hydrogen-bond donors (Lipinski definition) is 3. The molecule has 0 saturated heterocycles. The van der Waals surface area contributed by atoms with E-state index in [9.17, 15) is 9.36 Å². The highest BCUT2D eigenvalue weighted by molar-refractivity contribution is 7.51. The molecule has 0 amide bonds. The Bertz CT molecular complexity index is 200. The summed E-state index contributed by atoms with van der Waals surface area (Å²) in [4.78, 5) is 27.6. The molecule has 72 valence electrons. The minimum absolute atomic E-state index is 0.147. The molecule has 4 N–H and O–H groups in total. The van der Waals surface area contributed by atoms with Crippen molar-refractivity contribution in [2.75, 3.05) is 12.8 Å². The van der Waals surface area contributed by atoms with Crippen molar-refractivity contribution in [3.63, 3.8) is 0 Å². The van der Waals surface area contributed by atoms with Crippen molar-refractivity contribution in [3.8, 4) is 0 Å². The number of nitrogens with two attached hydrogens (primary N) is 1. The molecule has 0 aliphatic rings. The molecule has 0 aromatic rings. The second kappa shape index (κ2) is 4.57. The fourth-order valence-electron chi connectivity index (χ4n) is 0.580. The lowest BCUT2D eigenvalue weighted by molar-refractivity contribution is -0.144. The molecule has 0 aliphatic carbocycles. The number of hydrogen-bond acceptors (Lipinski definition) is 4. The SMILES string of the molecule is CCOC(=O)[C@H](N)CP(=O)(O)O. The van der Waals surface area contributed by atoms with E-state index in [-0.39, 0.29) is 6.61 Å². The summed E-state index contributed by atoms with van der Waals surface area (Å²) in [5.74, 6) is -0.791. The average molecular weight is 197 g/mol. The fraction of sp³-hybridized carbons (Fsp3) is 0.800. The molecule has 0 bridgehead atoms. The monoisotopic (exact) mass is 197 g/mol. The molecule has 7 heteroatoms. The lowest BCUT2D eigenvalue weighted by Crippen LogP contribution is -2.35. The highest BCUT2D eigenvalue weighted by Crippen LogP contribution is 2.34. The van der Waals surface area contributed by atoms with Gasteiger partial charge in [-0.1, -0.05) is 0 Å². The van der Waals surface area contributed by atoms with Crippen molar-refractivity contribution in [1.82, 2.24) is 0 Å². The van der Waals surface area contributed by atoms with Crippen molar-refractivity contribution >= 4 is 13.6 Å². The van der Waals surface area contributed by atoms with E-state index in [1.165, 1.54) is 0 Å². The van der Waals surface area contributed by atoms with Crippen LogP contribution in [-0.4, -0.2) is 34.6 Å². The van der Waals surface area contributed by atoms with Gasteiger partial charge in [-0.15, -0.1) is 0 Å². The zero-order valence-corrected chi connectivity index (χ0v) is 7.53. The predicted octanol–water partition coefficient (Wildman–Crippen LogP) is -0.946. The Morgan fingerprint density at radius 3 is 2.50 bits per heavy atom. The minimum atomic E-state index is -4.23. The second-order valence-electron chi connectivity index (χ2n) is 2.21. The quantitative estimate of drug-likeness (QED) is 0.396. The Morgan fingerprint density at radius 2 is 2.17 bits per heavy atom. The van der Waals surface area contributed by atoms with Crippen LogP contribution in [0.3, 0.4) is 0 Å². The highest BCUT2D eigenvalue weighted by atomic mass is 31.2. The van der Waals surface area contributed by atoms with Gasteiger partial charge in [-0.25, -0.2) is 0 Å². The van der Waals surface area contributed by atoms with Crippen molar-refractivity contribution < 1.29 is 23.9 Å². The number of esters is 1. The van der Waals surface area contributed by atoms with Gasteiger partial charge in [-0.3, -0.25) is 9.36 Å². The third kappa shape index (κ3) is 5.26.